The Morgan fingerprint density at radius 3 is 2.35 bits per heavy atom. The summed E-state index contributed by atoms with van der Waals surface area (Å²) in [4.78, 5) is 20.4. The Balaban J connectivity index is 1.69. The molecular weight excluding hydrogens is 352 g/mol. The lowest BCUT2D eigenvalue weighted by Gasteiger charge is -2.15. The molecule has 0 aliphatic heterocycles. The van der Waals surface area contributed by atoms with Crippen LogP contribution in [0.15, 0.2) is 29.6 Å². The molecule has 0 bridgehead atoms. The van der Waals surface area contributed by atoms with Gasteiger partial charge in [0.2, 0.25) is 0 Å². The second kappa shape index (κ2) is 9.36. The first kappa shape index (κ1) is 19.2. The number of hydrogen-bond acceptors (Lipinski definition) is 3. The summed E-state index contributed by atoms with van der Waals surface area (Å²) in [5.74, 6) is 1.77. The molecule has 1 aromatic rings. The van der Waals surface area contributed by atoms with Gasteiger partial charge in [0.1, 0.15) is 12.0 Å². The van der Waals surface area contributed by atoms with Gasteiger partial charge in [-0.2, -0.15) is 0 Å². The number of halogens is 2. The van der Waals surface area contributed by atoms with Crippen LogP contribution >= 0.6 is 30.9 Å². The predicted molar refractivity (Wildman–Crippen MR) is 100 cm³/mol. The second-order valence-electron chi connectivity index (χ2n) is 6.17. The van der Waals surface area contributed by atoms with Crippen molar-refractivity contribution in [2.24, 2.45) is 0 Å². The van der Waals surface area contributed by atoms with Crippen molar-refractivity contribution in [1.82, 2.24) is 5.32 Å². The van der Waals surface area contributed by atoms with E-state index in [0.717, 1.165) is 31.4 Å². The van der Waals surface area contributed by atoms with Gasteiger partial charge >= 0.3 is 0 Å². The number of nitrogens with one attached hydrogen (secondary N) is 1. The SMILES string of the molecule is O[P+](O)(C=C1CCCCC1)CCCNCc1cc(Cl)cc(Cl)c1. The summed E-state index contributed by atoms with van der Waals surface area (Å²) in [5.41, 5.74) is 2.26. The zero-order chi connectivity index (χ0) is 16.7. The summed E-state index contributed by atoms with van der Waals surface area (Å²) in [6.07, 6.45) is 6.84. The van der Waals surface area contributed by atoms with Crippen molar-refractivity contribution in [2.75, 3.05) is 12.7 Å². The Bertz CT molecular complexity index is 521. The van der Waals surface area contributed by atoms with Gasteiger partial charge in [-0.3, -0.25) is 0 Å². The highest BCUT2D eigenvalue weighted by Gasteiger charge is 2.30. The minimum atomic E-state index is -2.88. The molecule has 0 aromatic heterocycles. The zero-order valence-corrected chi connectivity index (χ0v) is 15.7. The van der Waals surface area contributed by atoms with Crippen molar-refractivity contribution in [1.29, 1.82) is 0 Å². The highest BCUT2D eigenvalue weighted by molar-refractivity contribution is 7.67. The highest BCUT2D eigenvalue weighted by Crippen LogP contribution is 2.53. The molecule has 0 saturated heterocycles. The van der Waals surface area contributed by atoms with Gasteiger partial charge in [0.05, 0.1) is 0 Å². The van der Waals surface area contributed by atoms with Gasteiger partial charge in [-0.05, 0) is 68.0 Å². The Morgan fingerprint density at radius 1 is 1.04 bits per heavy atom. The largest absolute Gasteiger partial charge is 0.313 e. The van der Waals surface area contributed by atoms with Crippen molar-refractivity contribution in [3.8, 4) is 0 Å². The number of rotatable bonds is 7. The Kier molecular flexibility index (Phi) is 7.81. The molecule has 0 amide bonds. The smallest absolute Gasteiger partial charge is 0.292 e. The fourth-order valence-electron chi connectivity index (χ4n) is 2.87. The van der Waals surface area contributed by atoms with E-state index in [-0.39, 0.29) is 0 Å². The molecule has 1 aliphatic carbocycles. The first-order chi connectivity index (χ1) is 10.9. The standard InChI is InChI=1S/C17H25Cl2NO2P/c18-16-9-15(10-17(19)11-16)12-20-7-4-8-23(21,22)13-14-5-2-1-3-6-14/h9-11,13,20-22H,1-8,12H2/q+1. The fourth-order valence-corrected chi connectivity index (χ4v) is 5.04. The number of allylic oxidation sites excluding steroid dienone is 1. The monoisotopic (exact) mass is 376 g/mol. The van der Waals surface area contributed by atoms with E-state index in [4.69, 9.17) is 23.2 Å². The van der Waals surface area contributed by atoms with Gasteiger partial charge in [-0.15, -0.1) is 0 Å². The van der Waals surface area contributed by atoms with Crippen LogP contribution in [0.3, 0.4) is 0 Å². The molecule has 2 rings (SSSR count). The van der Waals surface area contributed by atoms with E-state index in [2.05, 4.69) is 5.32 Å². The Hall–Kier alpha value is -0.150. The molecular formula is C17H25Cl2NO2P+. The van der Waals surface area contributed by atoms with Crippen LogP contribution in [0.2, 0.25) is 10.0 Å². The van der Waals surface area contributed by atoms with E-state index >= 15 is 0 Å². The van der Waals surface area contributed by atoms with Crippen LogP contribution in [0.4, 0.5) is 0 Å². The lowest BCUT2D eigenvalue weighted by atomic mass is 9.96. The quantitative estimate of drug-likeness (QED) is 0.455. The van der Waals surface area contributed by atoms with E-state index in [1.54, 1.807) is 11.9 Å². The van der Waals surface area contributed by atoms with E-state index in [1.807, 2.05) is 12.1 Å². The molecule has 1 aromatic carbocycles. The molecule has 23 heavy (non-hydrogen) atoms. The van der Waals surface area contributed by atoms with Crippen molar-refractivity contribution < 1.29 is 9.79 Å². The van der Waals surface area contributed by atoms with Crippen LogP contribution in [0.25, 0.3) is 0 Å². The van der Waals surface area contributed by atoms with Crippen molar-refractivity contribution in [3.63, 3.8) is 0 Å². The van der Waals surface area contributed by atoms with E-state index < -0.39 is 7.72 Å². The topological polar surface area (TPSA) is 52.5 Å². The van der Waals surface area contributed by atoms with Crippen LogP contribution in [0, 0.1) is 0 Å². The summed E-state index contributed by atoms with van der Waals surface area (Å²) in [6, 6.07) is 5.47. The summed E-state index contributed by atoms with van der Waals surface area (Å²) >= 11 is 11.9. The number of hydrogen-bond donors (Lipinski definition) is 3. The average molecular weight is 377 g/mol. The second-order valence-corrected chi connectivity index (χ2v) is 9.32. The van der Waals surface area contributed by atoms with E-state index in [1.165, 1.54) is 24.8 Å². The third-order valence-corrected chi connectivity index (χ3v) is 6.17. The summed E-state index contributed by atoms with van der Waals surface area (Å²) in [7, 11) is -2.88. The molecule has 0 unspecified atom stereocenters. The van der Waals surface area contributed by atoms with Crippen LogP contribution in [-0.4, -0.2) is 22.5 Å². The first-order valence-corrected chi connectivity index (χ1v) is 10.8. The summed E-state index contributed by atoms with van der Waals surface area (Å²) < 4.78 is 0. The van der Waals surface area contributed by atoms with Crippen LogP contribution < -0.4 is 5.32 Å². The maximum atomic E-state index is 10.2. The zero-order valence-electron chi connectivity index (χ0n) is 13.3. The third-order valence-electron chi connectivity index (χ3n) is 3.98. The lowest BCUT2D eigenvalue weighted by Crippen LogP contribution is -2.16. The highest BCUT2D eigenvalue weighted by atomic mass is 35.5. The Labute approximate surface area is 149 Å². The van der Waals surface area contributed by atoms with Gasteiger partial charge in [-0.25, -0.2) is 9.79 Å². The average Bonchev–Trinajstić information content (AvgIpc) is 2.46. The molecule has 0 radical (unpaired) electrons. The van der Waals surface area contributed by atoms with Crippen LogP contribution in [0.5, 0.6) is 0 Å². The van der Waals surface area contributed by atoms with Crippen molar-refractivity contribution in [2.45, 2.75) is 45.1 Å². The fraction of sp³-hybridized carbons (Fsp3) is 0.529. The molecule has 0 heterocycles. The molecule has 3 nitrogen and oxygen atoms in total. The van der Waals surface area contributed by atoms with Gasteiger partial charge in [0.15, 0.2) is 0 Å². The van der Waals surface area contributed by atoms with E-state index in [9.17, 15) is 9.79 Å². The first-order valence-electron chi connectivity index (χ1n) is 8.14. The van der Waals surface area contributed by atoms with Gasteiger partial charge < -0.3 is 5.32 Å². The molecule has 3 N–H and O–H groups in total. The van der Waals surface area contributed by atoms with Gasteiger partial charge in [0.25, 0.3) is 7.72 Å². The van der Waals surface area contributed by atoms with Crippen LogP contribution in [0.1, 0.15) is 44.1 Å². The Morgan fingerprint density at radius 2 is 1.70 bits per heavy atom. The molecule has 0 atom stereocenters. The minimum absolute atomic E-state index is 0.444. The minimum Gasteiger partial charge on any atom is -0.313 e. The predicted octanol–water partition coefficient (Wildman–Crippen LogP) is 5.15. The summed E-state index contributed by atoms with van der Waals surface area (Å²) in [5, 5.41) is 4.55. The molecule has 128 valence electrons. The third kappa shape index (κ3) is 7.51. The number of benzene rings is 1. The normalized spacial score (nSPS) is 15.7. The van der Waals surface area contributed by atoms with Crippen LogP contribution in [-0.2, 0) is 6.54 Å². The molecule has 1 saturated carbocycles. The molecule has 0 spiro atoms. The molecule has 1 fully saturated rings. The molecule has 6 heteroatoms. The van der Waals surface area contributed by atoms with Gasteiger partial charge in [-0.1, -0.05) is 29.6 Å². The van der Waals surface area contributed by atoms with E-state index in [0.29, 0.717) is 22.8 Å². The maximum absolute atomic E-state index is 10.2. The molecule has 1 aliphatic rings. The summed E-state index contributed by atoms with van der Waals surface area (Å²) in [6.45, 7) is 1.40. The lowest BCUT2D eigenvalue weighted by molar-refractivity contribution is 0.458. The van der Waals surface area contributed by atoms with Crippen molar-refractivity contribution in [3.05, 3.63) is 45.2 Å². The van der Waals surface area contributed by atoms with Crippen molar-refractivity contribution >= 4 is 30.9 Å². The maximum Gasteiger partial charge on any atom is 0.292 e. The van der Waals surface area contributed by atoms with Gasteiger partial charge in [0, 0.05) is 16.6 Å².